The van der Waals surface area contributed by atoms with E-state index < -0.39 is 83.9 Å². The van der Waals surface area contributed by atoms with Gasteiger partial charge in [-0.2, -0.15) is 0 Å². The minimum absolute atomic E-state index is 0.0331. The second kappa shape index (κ2) is 9.68. The number of esters is 2. The van der Waals surface area contributed by atoms with Crippen molar-refractivity contribution < 1.29 is 63.5 Å². The number of phenols is 1. The van der Waals surface area contributed by atoms with E-state index in [-0.39, 0.29) is 30.8 Å². The summed E-state index contributed by atoms with van der Waals surface area (Å²) in [6.07, 6.45) is -8.60. The molecule has 0 spiro atoms. The molecule has 3 saturated carbocycles. The lowest BCUT2D eigenvalue weighted by atomic mass is 9.41. The first-order valence-electron chi connectivity index (χ1n) is 14.1. The summed E-state index contributed by atoms with van der Waals surface area (Å²) < 4.78 is 35.6. The normalized spacial score (nSPS) is 43.7. The fourth-order valence-corrected chi connectivity index (χ4v) is 7.70. The monoisotopic (exact) mass is 600 g/mol. The summed E-state index contributed by atoms with van der Waals surface area (Å²) in [7, 11) is 0. The summed E-state index contributed by atoms with van der Waals surface area (Å²) in [6, 6.07) is 13.8. The van der Waals surface area contributed by atoms with Gasteiger partial charge in [-0.25, -0.2) is 9.59 Å². The molecule has 4 heterocycles. The average molecular weight is 601 g/mol. The molecule has 3 aliphatic carbocycles. The van der Waals surface area contributed by atoms with Gasteiger partial charge < -0.3 is 54.0 Å². The van der Waals surface area contributed by atoms with Crippen LogP contribution in [0.4, 0.5) is 0 Å². The lowest BCUT2D eigenvalue weighted by Crippen LogP contribution is -2.80. The highest BCUT2D eigenvalue weighted by Gasteiger charge is 2.94. The minimum Gasteiger partial charge on any atom is -0.508 e. The van der Waals surface area contributed by atoms with E-state index in [0.717, 1.165) is 0 Å². The molecule has 6 bridgehead atoms. The van der Waals surface area contributed by atoms with Crippen LogP contribution >= 0.6 is 0 Å². The van der Waals surface area contributed by atoms with Crippen LogP contribution in [0.5, 0.6) is 5.75 Å². The van der Waals surface area contributed by atoms with E-state index in [1.807, 2.05) is 0 Å². The van der Waals surface area contributed by atoms with Crippen molar-refractivity contribution in [2.24, 2.45) is 11.3 Å². The zero-order valence-corrected chi connectivity index (χ0v) is 23.1. The number of phenolic OH excluding ortho intramolecular Hbond substituents is 1. The first-order valence-corrected chi connectivity index (χ1v) is 14.1. The molecular weight excluding hydrogens is 568 g/mol. The molecule has 5 N–H and O–H groups in total. The van der Waals surface area contributed by atoms with Crippen molar-refractivity contribution in [3.05, 3.63) is 65.7 Å². The van der Waals surface area contributed by atoms with Crippen LogP contribution in [0.15, 0.2) is 54.6 Å². The lowest BCUT2D eigenvalue weighted by molar-refractivity contribution is -0.424. The van der Waals surface area contributed by atoms with Crippen LogP contribution in [-0.4, -0.2) is 105 Å². The quantitative estimate of drug-likeness (QED) is 0.259. The number of carbonyl (C=O) groups excluding carboxylic acids is 2. The third-order valence-electron chi connectivity index (χ3n) is 9.87. The summed E-state index contributed by atoms with van der Waals surface area (Å²) in [5.74, 6) is -3.44. The van der Waals surface area contributed by atoms with Gasteiger partial charge in [0.15, 0.2) is 18.4 Å². The molecule has 7 fully saturated rings. The predicted molar refractivity (Wildman–Crippen MR) is 140 cm³/mol. The number of benzene rings is 2. The van der Waals surface area contributed by atoms with E-state index in [9.17, 15) is 35.1 Å². The van der Waals surface area contributed by atoms with Crippen LogP contribution in [-0.2, 0) is 28.4 Å². The molecule has 4 saturated heterocycles. The van der Waals surface area contributed by atoms with Crippen molar-refractivity contribution in [3.63, 3.8) is 0 Å². The van der Waals surface area contributed by atoms with Gasteiger partial charge in [0.25, 0.3) is 0 Å². The topological polar surface area (TPSA) is 191 Å². The Balaban J connectivity index is 1.12. The minimum atomic E-state index is -1.72. The van der Waals surface area contributed by atoms with Gasteiger partial charge in [-0.05, 0) is 49.7 Å². The Labute approximate surface area is 245 Å². The van der Waals surface area contributed by atoms with Gasteiger partial charge in [0.1, 0.15) is 54.6 Å². The highest BCUT2D eigenvalue weighted by Crippen LogP contribution is 2.81. The zero-order chi connectivity index (χ0) is 30.4. The second-order valence-corrected chi connectivity index (χ2v) is 12.2. The number of hydrogen-bond acceptors (Lipinski definition) is 13. The molecule has 13 nitrogen and oxygen atoms in total. The number of rotatable bonds is 8. The molecule has 0 aromatic heterocycles. The van der Waals surface area contributed by atoms with E-state index >= 15 is 0 Å². The number of aliphatic hydroxyl groups is 4. The summed E-state index contributed by atoms with van der Waals surface area (Å²) >= 11 is 0. The van der Waals surface area contributed by atoms with E-state index in [4.69, 9.17) is 28.4 Å². The van der Waals surface area contributed by atoms with Crippen LogP contribution < -0.4 is 0 Å². The summed E-state index contributed by atoms with van der Waals surface area (Å²) in [6.45, 7) is 1.02. The molecule has 11 atom stereocenters. The first kappa shape index (κ1) is 28.6. The van der Waals surface area contributed by atoms with Crippen LogP contribution in [0.3, 0.4) is 0 Å². The summed E-state index contributed by atoms with van der Waals surface area (Å²) in [4.78, 5) is 25.4. The van der Waals surface area contributed by atoms with Crippen LogP contribution in [0.1, 0.15) is 40.5 Å². The first-order chi connectivity index (χ1) is 20.4. The largest absolute Gasteiger partial charge is 0.508 e. The third kappa shape index (κ3) is 3.93. The number of aliphatic hydroxyl groups excluding tert-OH is 3. The summed E-state index contributed by atoms with van der Waals surface area (Å²) in [5.41, 5.74) is -3.12. The van der Waals surface area contributed by atoms with Gasteiger partial charge >= 0.3 is 11.9 Å². The fourth-order valence-electron chi connectivity index (χ4n) is 7.70. The van der Waals surface area contributed by atoms with Gasteiger partial charge in [0, 0.05) is 12.3 Å². The van der Waals surface area contributed by atoms with Gasteiger partial charge in [-0.15, -0.1) is 0 Å². The van der Waals surface area contributed by atoms with Crippen LogP contribution in [0.2, 0.25) is 0 Å². The molecule has 2 aromatic rings. The fraction of sp³-hybridized carbons (Fsp3) is 0.533. The molecule has 7 aliphatic rings. The Morgan fingerprint density at radius 1 is 0.907 bits per heavy atom. The molecule has 2 aromatic carbocycles. The number of ether oxygens (including phenoxy) is 6. The molecular formula is C30H32O13. The van der Waals surface area contributed by atoms with Crippen molar-refractivity contribution in [2.75, 3.05) is 13.2 Å². The Morgan fingerprint density at radius 2 is 1.58 bits per heavy atom. The Morgan fingerprint density at radius 3 is 2.30 bits per heavy atom. The maximum Gasteiger partial charge on any atom is 0.338 e. The number of aromatic hydroxyl groups is 1. The standard InChI is InChI=1S/C30H32O13/c1-27-13-29(37)19-11-30(27,28(19,26(42-27)43-29)14-39-24(36)15-5-3-2-4-6-15)41-25-22(34)21(33)20(32)18(40-25)12-38-23(35)16-7-9-17(31)10-8-16/h2-10,18-22,25-26,31-34,37H,11-14H2,1H3/t18-,19?,20-,21+,22-,25+,26+,27+,28-,29-,30+/m1/s1. The summed E-state index contributed by atoms with van der Waals surface area (Å²) in [5, 5.41) is 53.1. The SMILES string of the molecule is C[C@@]12C[C@@]3(O)O[C@H](O1)[C@@]1(COC(=O)c4ccccc4)C3C[C@]21O[C@@H]1O[C@H](COC(=O)c2ccc(O)cc2)[C@@H](O)[C@H](O)[C@H]1O. The van der Waals surface area contributed by atoms with E-state index in [0.29, 0.717) is 5.56 Å². The third-order valence-corrected chi connectivity index (χ3v) is 9.87. The molecule has 0 radical (unpaired) electrons. The van der Waals surface area contributed by atoms with E-state index in [1.54, 1.807) is 37.3 Å². The van der Waals surface area contributed by atoms with Crippen molar-refractivity contribution in [1.29, 1.82) is 0 Å². The van der Waals surface area contributed by atoms with Crippen LogP contribution in [0.25, 0.3) is 0 Å². The lowest BCUT2D eigenvalue weighted by Gasteiger charge is -2.67. The Hall–Kier alpha value is -3.14. The van der Waals surface area contributed by atoms with Gasteiger partial charge in [-0.3, -0.25) is 0 Å². The average Bonchev–Trinajstić information content (AvgIpc) is 3.18. The van der Waals surface area contributed by atoms with Gasteiger partial charge in [0.05, 0.1) is 16.5 Å². The smallest absolute Gasteiger partial charge is 0.338 e. The molecule has 9 rings (SSSR count). The molecule has 0 amide bonds. The van der Waals surface area contributed by atoms with Crippen LogP contribution in [0, 0.1) is 11.3 Å². The molecule has 4 aliphatic heterocycles. The molecule has 43 heavy (non-hydrogen) atoms. The zero-order valence-electron chi connectivity index (χ0n) is 23.1. The van der Waals surface area contributed by atoms with Crippen molar-refractivity contribution in [1.82, 2.24) is 0 Å². The number of hydrogen-bond donors (Lipinski definition) is 5. The molecule has 13 heteroatoms. The van der Waals surface area contributed by atoms with Crippen molar-refractivity contribution in [2.45, 2.75) is 73.8 Å². The highest BCUT2D eigenvalue weighted by molar-refractivity contribution is 5.89. The Bertz CT molecular complexity index is 1420. The number of carbonyl (C=O) groups is 2. The van der Waals surface area contributed by atoms with Gasteiger partial charge in [-0.1, -0.05) is 18.2 Å². The van der Waals surface area contributed by atoms with E-state index in [2.05, 4.69) is 0 Å². The highest BCUT2D eigenvalue weighted by atomic mass is 16.8. The predicted octanol–water partition coefficient (Wildman–Crippen LogP) is 0.213. The van der Waals surface area contributed by atoms with E-state index in [1.165, 1.54) is 24.3 Å². The van der Waals surface area contributed by atoms with Gasteiger partial charge in [0.2, 0.25) is 0 Å². The second-order valence-electron chi connectivity index (χ2n) is 12.2. The maximum atomic E-state index is 12.9. The van der Waals surface area contributed by atoms with Crippen molar-refractivity contribution >= 4 is 11.9 Å². The molecule has 1 unspecified atom stereocenters. The Kier molecular flexibility index (Phi) is 6.44. The molecule has 230 valence electrons. The van der Waals surface area contributed by atoms with Crippen molar-refractivity contribution in [3.8, 4) is 5.75 Å². The maximum absolute atomic E-state index is 12.9.